The summed E-state index contributed by atoms with van der Waals surface area (Å²) in [6.45, 7) is 1.90. The summed E-state index contributed by atoms with van der Waals surface area (Å²) < 4.78 is 9.71. The van der Waals surface area contributed by atoms with Gasteiger partial charge in [0, 0.05) is 0 Å². The fraction of sp³-hybridized carbons (Fsp3) is 0.333. The van der Waals surface area contributed by atoms with Gasteiger partial charge in [-0.2, -0.15) is 0 Å². The number of benzene rings is 2. The fourth-order valence-corrected chi connectivity index (χ4v) is 3.19. The zero-order valence-corrected chi connectivity index (χ0v) is 14.8. The molecule has 0 aliphatic carbocycles. The van der Waals surface area contributed by atoms with Crippen molar-refractivity contribution in [1.82, 2.24) is 0 Å². The topological polar surface area (TPSA) is 52.6 Å². The molecule has 4 nitrogen and oxygen atoms in total. The Hall–Kier alpha value is -2.62. The Morgan fingerprint density at radius 1 is 0.840 bits per heavy atom. The maximum Gasteiger partial charge on any atom is 0.320 e. The molecule has 0 aliphatic rings. The van der Waals surface area contributed by atoms with Crippen LogP contribution in [0.2, 0.25) is 0 Å². The summed E-state index contributed by atoms with van der Waals surface area (Å²) in [5.41, 5.74) is 2.23. The van der Waals surface area contributed by atoms with Crippen LogP contribution in [0.3, 0.4) is 0 Å². The summed E-state index contributed by atoms with van der Waals surface area (Å²) in [6.07, 6.45) is 0.719. The van der Waals surface area contributed by atoms with Gasteiger partial charge in [-0.05, 0) is 29.4 Å². The smallest absolute Gasteiger partial charge is 0.320 e. The van der Waals surface area contributed by atoms with E-state index in [4.69, 9.17) is 9.47 Å². The van der Waals surface area contributed by atoms with Gasteiger partial charge in [0.05, 0.1) is 14.2 Å². The first-order valence-corrected chi connectivity index (χ1v) is 8.33. The highest BCUT2D eigenvalue weighted by Gasteiger charge is 2.38. The van der Waals surface area contributed by atoms with Crippen molar-refractivity contribution in [3.63, 3.8) is 0 Å². The van der Waals surface area contributed by atoms with Gasteiger partial charge < -0.3 is 9.47 Å². The van der Waals surface area contributed by atoms with E-state index in [9.17, 15) is 9.59 Å². The third-order valence-corrected chi connectivity index (χ3v) is 4.60. The third kappa shape index (κ3) is 4.69. The number of rotatable bonds is 7. The Morgan fingerprint density at radius 2 is 1.32 bits per heavy atom. The van der Waals surface area contributed by atoms with E-state index >= 15 is 0 Å². The van der Waals surface area contributed by atoms with Gasteiger partial charge in [-0.3, -0.25) is 9.59 Å². The number of carbonyl (C=O) groups excluding carboxylic acids is 2. The van der Waals surface area contributed by atoms with Crippen LogP contribution in [0.1, 0.15) is 24.0 Å². The maximum absolute atomic E-state index is 12.2. The molecule has 1 unspecified atom stereocenters. The minimum Gasteiger partial charge on any atom is -0.468 e. The highest BCUT2D eigenvalue weighted by Crippen LogP contribution is 2.34. The second-order valence-electron chi connectivity index (χ2n) is 6.09. The normalized spacial score (nSPS) is 13.1. The highest BCUT2D eigenvalue weighted by atomic mass is 16.5. The molecule has 25 heavy (non-hydrogen) atoms. The number of methoxy groups -OCH3 is 2. The zero-order chi connectivity index (χ0) is 18.2. The van der Waals surface area contributed by atoms with Gasteiger partial charge in [-0.25, -0.2) is 0 Å². The van der Waals surface area contributed by atoms with Crippen molar-refractivity contribution >= 4 is 11.9 Å². The first kappa shape index (κ1) is 18.7. The quantitative estimate of drug-likeness (QED) is 0.571. The molecule has 0 aliphatic heterocycles. The number of ether oxygens (including phenoxy) is 2. The minimum absolute atomic E-state index is 0.0215. The van der Waals surface area contributed by atoms with Gasteiger partial charge >= 0.3 is 11.9 Å². The standard InChI is InChI=1S/C21H24O4/c1-15(19(20(22)24-2)21(23)25-3)18(17-12-8-5-9-13-17)14-16-10-6-4-7-11-16/h4-13,15,18-19H,14H2,1-3H3/t15-,18?/m0/s1. The van der Waals surface area contributed by atoms with Crippen molar-refractivity contribution in [2.24, 2.45) is 11.8 Å². The van der Waals surface area contributed by atoms with Crippen LogP contribution < -0.4 is 0 Å². The Labute approximate surface area is 148 Å². The van der Waals surface area contributed by atoms with E-state index in [-0.39, 0.29) is 11.8 Å². The molecule has 0 amide bonds. The van der Waals surface area contributed by atoms with Crippen LogP contribution >= 0.6 is 0 Å². The first-order chi connectivity index (χ1) is 12.1. The molecule has 2 rings (SSSR count). The van der Waals surface area contributed by atoms with Crippen LogP contribution in [0.25, 0.3) is 0 Å². The van der Waals surface area contributed by atoms with Gasteiger partial charge in [0.15, 0.2) is 5.92 Å². The van der Waals surface area contributed by atoms with E-state index in [1.54, 1.807) is 0 Å². The summed E-state index contributed by atoms with van der Waals surface area (Å²) in [5, 5.41) is 0. The molecule has 0 heterocycles. The summed E-state index contributed by atoms with van der Waals surface area (Å²) in [5.74, 6) is -2.38. The van der Waals surface area contributed by atoms with Crippen molar-refractivity contribution < 1.29 is 19.1 Å². The van der Waals surface area contributed by atoms with Gasteiger partial charge in [-0.15, -0.1) is 0 Å². The second kappa shape index (κ2) is 9.02. The average molecular weight is 340 g/mol. The lowest BCUT2D eigenvalue weighted by Crippen LogP contribution is -2.35. The molecule has 0 saturated carbocycles. The molecule has 2 aromatic rings. The molecule has 0 radical (unpaired) electrons. The van der Waals surface area contributed by atoms with E-state index in [2.05, 4.69) is 0 Å². The Balaban J connectivity index is 2.39. The molecule has 132 valence electrons. The number of hydrogen-bond donors (Lipinski definition) is 0. The van der Waals surface area contributed by atoms with E-state index in [0.717, 1.165) is 17.5 Å². The first-order valence-electron chi connectivity index (χ1n) is 8.33. The lowest BCUT2D eigenvalue weighted by atomic mass is 9.76. The van der Waals surface area contributed by atoms with Crippen molar-refractivity contribution in [3.8, 4) is 0 Å². The van der Waals surface area contributed by atoms with E-state index < -0.39 is 17.9 Å². The minimum atomic E-state index is -0.955. The van der Waals surface area contributed by atoms with E-state index in [0.29, 0.717) is 0 Å². The number of hydrogen-bond acceptors (Lipinski definition) is 4. The molecule has 0 spiro atoms. The van der Waals surface area contributed by atoms with Crippen LogP contribution in [0.5, 0.6) is 0 Å². The van der Waals surface area contributed by atoms with Crippen LogP contribution in [0.15, 0.2) is 60.7 Å². The van der Waals surface area contributed by atoms with Crippen LogP contribution in [0, 0.1) is 11.8 Å². The molecule has 0 N–H and O–H groups in total. The summed E-state index contributed by atoms with van der Waals surface area (Å²) in [6, 6.07) is 20.0. The maximum atomic E-state index is 12.2. The largest absolute Gasteiger partial charge is 0.468 e. The Morgan fingerprint density at radius 3 is 1.80 bits per heavy atom. The third-order valence-electron chi connectivity index (χ3n) is 4.60. The number of carbonyl (C=O) groups is 2. The molecule has 4 heteroatoms. The SMILES string of the molecule is COC(=O)C(C(=O)OC)[C@@H](C)C(Cc1ccccc1)c1ccccc1. The van der Waals surface area contributed by atoms with Crippen LogP contribution in [-0.4, -0.2) is 26.2 Å². The van der Waals surface area contributed by atoms with Gasteiger partial charge in [0.2, 0.25) is 0 Å². The molecule has 0 fully saturated rings. The van der Waals surface area contributed by atoms with Crippen molar-refractivity contribution in [3.05, 3.63) is 71.8 Å². The van der Waals surface area contributed by atoms with Crippen LogP contribution in [0.4, 0.5) is 0 Å². The summed E-state index contributed by atoms with van der Waals surface area (Å²) in [7, 11) is 2.58. The molecule has 2 aromatic carbocycles. The van der Waals surface area contributed by atoms with Crippen molar-refractivity contribution in [1.29, 1.82) is 0 Å². The lowest BCUT2D eigenvalue weighted by Gasteiger charge is -2.29. The van der Waals surface area contributed by atoms with Crippen molar-refractivity contribution in [2.45, 2.75) is 19.3 Å². The van der Waals surface area contributed by atoms with Gasteiger partial charge in [0.1, 0.15) is 0 Å². The predicted molar refractivity (Wildman–Crippen MR) is 96.0 cm³/mol. The highest BCUT2D eigenvalue weighted by molar-refractivity contribution is 5.95. The predicted octanol–water partition coefficient (Wildman–Crippen LogP) is 3.61. The molecule has 2 atom stereocenters. The molecule has 0 aromatic heterocycles. The lowest BCUT2D eigenvalue weighted by molar-refractivity contribution is -0.161. The molecule has 0 saturated heterocycles. The van der Waals surface area contributed by atoms with Gasteiger partial charge in [-0.1, -0.05) is 67.6 Å². The zero-order valence-electron chi connectivity index (χ0n) is 14.8. The monoisotopic (exact) mass is 340 g/mol. The van der Waals surface area contributed by atoms with Gasteiger partial charge in [0.25, 0.3) is 0 Å². The van der Waals surface area contributed by atoms with E-state index in [1.165, 1.54) is 14.2 Å². The van der Waals surface area contributed by atoms with Crippen molar-refractivity contribution in [2.75, 3.05) is 14.2 Å². The second-order valence-corrected chi connectivity index (χ2v) is 6.09. The molecule has 0 bridgehead atoms. The Kier molecular flexibility index (Phi) is 6.75. The molecular weight excluding hydrogens is 316 g/mol. The number of esters is 2. The summed E-state index contributed by atoms with van der Waals surface area (Å²) in [4.78, 5) is 24.4. The van der Waals surface area contributed by atoms with Crippen LogP contribution in [-0.2, 0) is 25.5 Å². The van der Waals surface area contributed by atoms with E-state index in [1.807, 2.05) is 67.6 Å². The molecular formula is C21H24O4. The Bertz CT molecular complexity index is 666. The fourth-order valence-electron chi connectivity index (χ4n) is 3.19. The average Bonchev–Trinajstić information content (AvgIpc) is 2.67. The summed E-state index contributed by atoms with van der Waals surface area (Å²) >= 11 is 0.